The summed E-state index contributed by atoms with van der Waals surface area (Å²) in [6.45, 7) is 6.01. The number of carbonyl (C=O) groups is 3. The fourth-order valence-electron chi connectivity index (χ4n) is 3.47. The van der Waals surface area contributed by atoms with Crippen LogP contribution in [-0.2, 0) is 9.59 Å². The number of rotatable bonds is 7. The van der Waals surface area contributed by atoms with E-state index in [1.165, 1.54) is 11.3 Å². The zero-order chi connectivity index (χ0) is 19.4. The first-order valence-electron chi connectivity index (χ1n) is 9.86. The Morgan fingerprint density at radius 3 is 2.44 bits per heavy atom. The number of piperidine rings is 1. The van der Waals surface area contributed by atoms with Crippen molar-refractivity contribution in [2.45, 2.75) is 45.6 Å². The van der Waals surface area contributed by atoms with Crippen molar-refractivity contribution in [2.24, 2.45) is 17.8 Å². The maximum atomic E-state index is 12.8. The molecule has 2 fully saturated rings. The fourth-order valence-corrected chi connectivity index (χ4v) is 4.10. The summed E-state index contributed by atoms with van der Waals surface area (Å²) in [5.74, 6) is 0.554. The van der Waals surface area contributed by atoms with Crippen LogP contribution in [0.2, 0.25) is 0 Å². The first-order valence-corrected chi connectivity index (χ1v) is 10.7. The van der Waals surface area contributed by atoms with E-state index in [0.717, 1.165) is 25.7 Å². The number of nitrogens with zero attached hydrogens (tertiary/aromatic N) is 1. The van der Waals surface area contributed by atoms with Gasteiger partial charge in [0.2, 0.25) is 11.8 Å². The van der Waals surface area contributed by atoms with Crippen molar-refractivity contribution in [1.82, 2.24) is 15.5 Å². The summed E-state index contributed by atoms with van der Waals surface area (Å²) in [4.78, 5) is 40.1. The van der Waals surface area contributed by atoms with E-state index in [2.05, 4.69) is 10.6 Å². The molecule has 1 aromatic rings. The molecule has 2 N–H and O–H groups in total. The van der Waals surface area contributed by atoms with Gasteiger partial charge in [0.15, 0.2) is 0 Å². The Kier molecular flexibility index (Phi) is 6.52. The molecule has 0 aromatic carbocycles. The van der Waals surface area contributed by atoms with Gasteiger partial charge in [-0.3, -0.25) is 14.4 Å². The van der Waals surface area contributed by atoms with Gasteiger partial charge < -0.3 is 15.5 Å². The molecule has 27 heavy (non-hydrogen) atoms. The van der Waals surface area contributed by atoms with Crippen LogP contribution in [0.4, 0.5) is 0 Å². The van der Waals surface area contributed by atoms with Gasteiger partial charge in [-0.25, -0.2) is 0 Å². The monoisotopic (exact) mass is 391 g/mol. The lowest BCUT2D eigenvalue weighted by Gasteiger charge is -2.36. The van der Waals surface area contributed by atoms with E-state index in [0.29, 0.717) is 30.4 Å². The van der Waals surface area contributed by atoms with Crippen LogP contribution in [0.15, 0.2) is 17.5 Å². The van der Waals surface area contributed by atoms with E-state index in [1.54, 1.807) is 6.07 Å². The summed E-state index contributed by atoms with van der Waals surface area (Å²) in [6, 6.07) is 3.03. The Bertz CT molecular complexity index is 662. The summed E-state index contributed by atoms with van der Waals surface area (Å²) in [7, 11) is 0. The topological polar surface area (TPSA) is 78.5 Å². The molecule has 3 rings (SSSR count). The predicted octanol–water partition coefficient (Wildman–Crippen LogP) is 2.27. The molecule has 0 bridgehead atoms. The zero-order valence-corrected chi connectivity index (χ0v) is 16.9. The van der Waals surface area contributed by atoms with Gasteiger partial charge in [-0.2, -0.15) is 0 Å². The van der Waals surface area contributed by atoms with Crippen molar-refractivity contribution in [3.63, 3.8) is 0 Å². The smallest absolute Gasteiger partial charge is 0.262 e. The number of carbonyl (C=O) groups excluding carboxylic acids is 3. The van der Waals surface area contributed by atoms with Crippen molar-refractivity contribution in [3.05, 3.63) is 22.4 Å². The third-order valence-electron chi connectivity index (χ3n) is 5.25. The lowest BCUT2D eigenvalue weighted by atomic mass is 9.88. The van der Waals surface area contributed by atoms with Crippen LogP contribution in [0, 0.1) is 17.8 Å². The van der Waals surface area contributed by atoms with Crippen LogP contribution >= 0.6 is 11.3 Å². The van der Waals surface area contributed by atoms with Crippen molar-refractivity contribution in [3.8, 4) is 0 Å². The van der Waals surface area contributed by atoms with Crippen molar-refractivity contribution in [1.29, 1.82) is 0 Å². The van der Waals surface area contributed by atoms with E-state index in [4.69, 9.17) is 0 Å². The fraction of sp³-hybridized carbons (Fsp3) is 0.650. The van der Waals surface area contributed by atoms with Crippen LogP contribution in [-0.4, -0.2) is 48.3 Å². The van der Waals surface area contributed by atoms with Gasteiger partial charge >= 0.3 is 0 Å². The Balaban J connectivity index is 1.62. The highest BCUT2D eigenvalue weighted by molar-refractivity contribution is 7.12. The Morgan fingerprint density at radius 2 is 1.89 bits per heavy atom. The third kappa shape index (κ3) is 5.31. The van der Waals surface area contributed by atoms with Gasteiger partial charge in [-0.1, -0.05) is 19.9 Å². The highest BCUT2D eigenvalue weighted by Gasteiger charge is 2.38. The second-order valence-corrected chi connectivity index (χ2v) is 8.95. The Morgan fingerprint density at radius 1 is 1.19 bits per heavy atom. The molecular formula is C20H29N3O3S. The van der Waals surface area contributed by atoms with Crippen LogP contribution in [0.3, 0.4) is 0 Å². The molecule has 1 unspecified atom stereocenters. The number of nitrogens with one attached hydrogen (secondary N) is 2. The molecule has 3 amide bonds. The van der Waals surface area contributed by atoms with Gasteiger partial charge in [0.1, 0.15) is 6.04 Å². The van der Waals surface area contributed by atoms with Crippen molar-refractivity contribution >= 4 is 29.1 Å². The molecule has 1 saturated carbocycles. The number of thiophene rings is 1. The van der Waals surface area contributed by atoms with Crippen LogP contribution in [0.1, 0.15) is 49.2 Å². The molecule has 2 aliphatic rings. The average Bonchev–Trinajstić information content (AvgIpc) is 3.37. The summed E-state index contributed by atoms with van der Waals surface area (Å²) in [5.41, 5.74) is 0. The number of amides is 3. The predicted molar refractivity (Wildman–Crippen MR) is 105 cm³/mol. The molecular weight excluding hydrogens is 362 g/mol. The van der Waals surface area contributed by atoms with Crippen LogP contribution in [0.5, 0.6) is 0 Å². The SMILES string of the molecule is CC(C)CNC(=O)C(NC(=O)c1cccs1)C1CCN(C(=O)C2CC2)CC1. The Hall–Kier alpha value is -1.89. The number of hydrogen-bond donors (Lipinski definition) is 2. The van der Waals surface area contributed by atoms with E-state index in [9.17, 15) is 14.4 Å². The zero-order valence-electron chi connectivity index (χ0n) is 16.1. The van der Waals surface area contributed by atoms with Gasteiger partial charge in [-0.05, 0) is 49.0 Å². The van der Waals surface area contributed by atoms with Gasteiger partial charge in [-0.15, -0.1) is 11.3 Å². The molecule has 1 saturated heterocycles. The largest absolute Gasteiger partial charge is 0.354 e. The minimum atomic E-state index is -0.559. The molecule has 1 aliphatic heterocycles. The maximum Gasteiger partial charge on any atom is 0.262 e. The van der Waals surface area contributed by atoms with Crippen molar-refractivity contribution in [2.75, 3.05) is 19.6 Å². The molecule has 1 aliphatic carbocycles. The molecule has 148 valence electrons. The number of likely N-dealkylation sites (tertiary alicyclic amines) is 1. The van der Waals surface area contributed by atoms with Crippen LogP contribution < -0.4 is 10.6 Å². The van der Waals surface area contributed by atoms with Gasteiger partial charge in [0.05, 0.1) is 4.88 Å². The van der Waals surface area contributed by atoms with Crippen molar-refractivity contribution < 1.29 is 14.4 Å². The number of hydrogen-bond acceptors (Lipinski definition) is 4. The molecule has 6 nitrogen and oxygen atoms in total. The highest BCUT2D eigenvalue weighted by atomic mass is 32.1. The van der Waals surface area contributed by atoms with E-state index in [1.807, 2.05) is 30.2 Å². The van der Waals surface area contributed by atoms with E-state index in [-0.39, 0.29) is 29.6 Å². The second kappa shape index (κ2) is 8.87. The van der Waals surface area contributed by atoms with Gasteiger partial charge in [0.25, 0.3) is 5.91 Å². The molecule has 7 heteroatoms. The average molecular weight is 392 g/mol. The lowest BCUT2D eigenvalue weighted by molar-refractivity contribution is -0.134. The third-order valence-corrected chi connectivity index (χ3v) is 6.12. The first kappa shape index (κ1) is 19.9. The second-order valence-electron chi connectivity index (χ2n) is 8.00. The molecule has 0 spiro atoms. The minimum Gasteiger partial charge on any atom is -0.354 e. The van der Waals surface area contributed by atoms with E-state index < -0.39 is 6.04 Å². The molecule has 2 heterocycles. The Labute approximate surface area is 164 Å². The summed E-state index contributed by atoms with van der Waals surface area (Å²) in [5, 5.41) is 7.76. The summed E-state index contributed by atoms with van der Waals surface area (Å²) < 4.78 is 0. The standard InChI is InChI=1S/C20H29N3O3S/c1-13(2)12-21-19(25)17(22-18(24)16-4-3-11-27-16)14-7-9-23(10-8-14)20(26)15-5-6-15/h3-4,11,13-15,17H,5-10,12H2,1-2H3,(H,21,25)(H,22,24). The maximum absolute atomic E-state index is 12.8. The highest BCUT2D eigenvalue weighted by Crippen LogP contribution is 2.33. The first-order chi connectivity index (χ1) is 13.0. The molecule has 1 atom stereocenters. The van der Waals surface area contributed by atoms with Crippen LogP contribution in [0.25, 0.3) is 0 Å². The molecule has 0 radical (unpaired) electrons. The van der Waals surface area contributed by atoms with Gasteiger partial charge in [0, 0.05) is 25.6 Å². The lowest BCUT2D eigenvalue weighted by Crippen LogP contribution is -2.54. The van der Waals surface area contributed by atoms with E-state index >= 15 is 0 Å². The quantitative estimate of drug-likeness (QED) is 0.748. The normalized spacial score (nSPS) is 19.0. The summed E-state index contributed by atoms with van der Waals surface area (Å²) in [6.07, 6.45) is 3.50. The molecule has 1 aromatic heterocycles. The summed E-state index contributed by atoms with van der Waals surface area (Å²) >= 11 is 1.37. The minimum absolute atomic E-state index is 0.0457.